The first-order chi connectivity index (χ1) is 13.6. The lowest BCUT2D eigenvalue weighted by atomic mass is 9.98. The molecule has 1 aliphatic rings. The number of hydrogen-bond donors (Lipinski definition) is 4. The summed E-state index contributed by atoms with van der Waals surface area (Å²) in [4.78, 5) is 12.8. The summed E-state index contributed by atoms with van der Waals surface area (Å²) < 4.78 is 6.92. The topological polar surface area (TPSA) is 147 Å². The van der Waals surface area contributed by atoms with Gasteiger partial charge in [0.2, 0.25) is 0 Å². The van der Waals surface area contributed by atoms with Gasteiger partial charge in [-0.15, -0.1) is 5.10 Å². The lowest BCUT2D eigenvalue weighted by Crippen LogP contribution is -2.56. The van der Waals surface area contributed by atoms with E-state index >= 15 is 0 Å². The maximum atomic E-state index is 10.5. The van der Waals surface area contributed by atoms with Crippen LogP contribution in [0.3, 0.4) is 0 Å². The summed E-state index contributed by atoms with van der Waals surface area (Å²) in [6.07, 6.45) is -2.28. The monoisotopic (exact) mass is 385 g/mol. The number of nitrogens with zero attached hydrogens (tertiary/aromatic N) is 5. The quantitative estimate of drug-likeness (QED) is 0.461. The second-order valence-electron chi connectivity index (χ2n) is 6.38. The minimum atomic E-state index is -1.53. The summed E-state index contributed by atoms with van der Waals surface area (Å²) >= 11 is 0. The van der Waals surface area contributed by atoms with E-state index in [1.165, 1.54) is 23.3 Å². The van der Waals surface area contributed by atoms with Gasteiger partial charge < -0.3 is 25.2 Å². The van der Waals surface area contributed by atoms with Crippen molar-refractivity contribution in [3.8, 4) is 22.9 Å². The summed E-state index contributed by atoms with van der Waals surface area (Å²) in [5.41, 5.74) is 1.12. The third-order valence-corrected chi connectivity index (χ3v) is 4.56. The number of benzene rings is 1. The first-order valence-electron chi connectivity index (χ1n) is 8.69. The molecule has 10 nitrogen and oxygen atoms in total. The van der Waals surface area contributed by atoms with Gasteiger partial charge in [-0.2, -0.15) is 0 Å². The van der Waals surface area contributed by atoms with Gasteiger partial charge in [-0.1, -0.05) is 30.3 Å². The van der Waals surface area contributed by atoms with Gasteiger partial charge in [-0.05, 0) is 0 Å². The van der Waals surface area contributed by atoms with Gasteiger partial charge in [-0.3, -0.25) is 4.98 Å². The van der Waals surface area contributed by atoms with Crippen LogP contribution < -0.4 is 0 Å². The van der Waals surface area contributed by atoms with Gasteiger partial charge in [-0.25, -0.2) is 14.6 Å². The Morgan fingerprint density at radius 2 is 1.79 bits per heavy atom. The lowest BCUT2D eigenvalue weighted by Gasteiger charge is -2.40. The standard InChI is InChI=1S/C18H19N5O5/c24-9-12-13(25)14(26)15(27)18(28-12)23-17(11-8-19-6-7-20-11)21-16(22-23)10-4-2-1-3-5-10/h1-8,12-15,18,24-27H,9H2. The van der Waals surface area contributed by atoms with Crippen LogP contribution in [0.5, 0.6) is 0 Å². The van der Waals surface area contributed by atoms with Crippen molar-refractivity contribution in [1.82, 2.24) is 24.7 Å². The van der Waals surface area contributed by atoms with Gasteiger partial charge in [0.15, 0.2) is 17.9 Å². The Morgan fingerprint density at radius 3 is 2.46 bits per heavy atom. The van der Waals surface area contributed by atoms with Gasteiger partial charge in [0.05, 0.1) is 12.8 Å². The molecule has 1 aromatic carbocycles. The largest absolute Gasteiger partial charge is 0.394 e. The first-order valence-corrected chi connectivity index (χ1v) is 8.69. The molecule has 3 heterocycles. The Bertz CT molecular complexity index is 921. The Labute approximate surface area is 159 Å². The Kier molecular flexibility index (Phi) is 5.11. The molecule has 4 N–H and O–H groups in total. The van der Waals surface area contributed by atoms with Gasteiger partial charge in [0.1, 0.15) is 30.1 Å². The van der Waals surface area contributed by atoms with Crippen LogP contribution in [0.25, 0.3) is 22.9 Å². The predicted octanol–water partition coefficient (Wildman–Crippen LogP) is -0.626. The summed E-state index contributed by atoms with van der Waals surface area (Å²) in [5.74, 6) is 0.620. The third-order valence-electron chi connectivity index (χ3n) is 4.56. The average molecular weight is 385 g/mol. The zero-order chi connectivity index (χ0) is 19.7. The minimum absolute atomic E-state index is 0.260. The van der Waals surface area contributed by atoms with E-state index in [9.17, 15) is 20.4 Å². The van der Waals surface area contributed by atoms with E-state index < -0.39 is 37.3 Å². The molecule has 1 saturated heterocycles. The highest BCUT2D eigenvalue weighted by atomic mass is 16.6. The molecule has 1 fully saturated rings. The molecular formula is C18H19N5O5. The van der Waals surface area contributed by atoms with Crippen LogP contribution in [0, 0.1) is 0 Å². The molecule has 1 aliphatic heterocycles. The van der Waals surface area contributed by atoms with E-state index in [0.717, 1.165) is 5.56 Å². The molecule has 28 heavy (non-hydrogen) atoms. The van der Waals surface area contributed by atoms with Crippen LogP contribution in [0.4, 0.5) is 0 Å². The van der Waals surface area contributed by atoms with Crippen molar-refractivity contribution < 1.29 is 25.2 Å². The van der Waals surface area contributed by atoms with Gasteiger partial charge in [0.25, 0.3) is 0 Å². The first kappa shape index (κ1) is 18.6. The molecule has 146 valence electrons. The molecule has 0 spiro atoms. The number of rotatable bonds is 4. The van der Waals surface area contributed by atoms with Gasteiger partial charge in [0, 0.05) is 18.0 Å². The molecule has 0 amide bonds. The second-order valence-corrected chi connectivity index (χ2v) is 6.38. The smallest absolute Gasteiger partial charge is 0.181 e. The van der Waals surface area contributed by atoms with Crippen molar-refractivity contribution in [3.63, 3.8) is 0 Å². The van der Waals surface area contributed by atoms with E-state index in [0.29, 0.717) is 11.5 Å². The lowest BCUT2D eigenvalue weighted by molar-refractivity contribution is -0.253. The van der Waals surface area contributed by atoms with Crippen molar-refractivity contribution in [2.45, 2.75) is 30.6 Å². The summed E-state index contributed by atoms with van der Waals surface area (Å²) in [5, 5.41) is 44.5. The molecule has 5 atom stereocenters. The minimum Gasteiger partial charge on any atom is -0.394 e. The predicted molar refractivity (Wildman–Crippen MR) is 95.5 cm³/mol. The number of aliphatic hydroxyl groups excluding tert-OH is 4. The molecule has 0 bridgehead atoms. The Morgan fingerprint density at radius 1 is 1.00 bits per heavy atom. The second kappa shape index (κ2) is 7.70. The van der Waals surface area contributed by atoms with E-state index in [1.807, 2.05) is 30.3 Å². The van der Waals surface area contributed by atoms with E-state index in [1.54, 1.807) is 0 Å². The molecule has 10 heteroatoms. The fraction of sp³-hybridized carbons (Fsp3) is 0.333. The molecule has 0 aliphatic carbocycles. The fourth-order valence-corrected chi connectivity index (χ4v) is 3.08. The molecular weight excluding hydrogens is 366 g/mol. The van der Waals surface area contributed by atoms with Crippen molar-refractivity contribution in [2.24, 2.45) is 0 Å². The molecule has 2 aromatic heterocycles. The van der Waals surface area contributed by atoms with Crippen molar-refractivity contribution in [3.05, 3.63) is 48.9 Å². The molecule has 5 unspecified atom stereocenters. The third kappa shape index (κ3) is 3.28. The fourth-order valence-electron chi connectivity index (χ4n) is 3.08. The zero-order valence-electron chi connectivity index (χ0n) is 14.6. The molecule has 0 saturated carbocycles. The van der Waals surface area contributed by atoms with Crippen molar-refractivity contribution in [2.75, 3.05) is 6.61 Å². The van der Waals surface area contributed by atoms with E-state index in [4.69, 9.17) is 4.74 Å². The highest BCUT2D eigenvalue weighted by Gasteiger charge is 2.45. The van der Waals surface area contributed by atoms with Crippen molar-refractivity contribution in [1.29, 1.82) is 0 Å². The van der Waals surface area contributed by atoms with Crippen LogP contribution in [0.1, 0.15) is 6.23 Å². The van der Waals surface area contributed by atoms with E-state index in [2.05, 4.69) is 20.1 Å². The zero-order valence-corrected chi connectivity index (χ0v) is 14.6. The van der Waals surface area contributed by atoms with E-state index in [-0.39, 0.29) is 5.82 Å². The number of aromatic nitrogens is 5. The normalized spacial score (nSPS) is 27.6. The maximum Gasteiger partial charge on any atom is 0.181 e. The summed E-state index contributed by atoms with van der Waals surface area (Å²) in [6, 6.07) is 9.19. The van der Waals surface area contributed by atoms with Crippen LogP contribution in [-0.2, 0) is 4.74 Å². The van der Waals surface area contributed by atoms with Crippen LogP contribution >= 0.6 is 0 Å². The summed E-state index contributed by atoms with van der Waals surface area (Å²) in [6.45, 7) is -0.540. The molecule has 4 rings (SSSR count). The van der Waals surface area contributed by atoms with Crippen LogP contribution in [0.15, 0.2) is 48.9 Å². The number of hydrogen-bond acceptors (Lipinski definition) is 9. The SMILES string of the molecule is OCC1OC(n2nc(-c3ccccc3)nc2-c2cnccn2)C(O)C(O)C1O. The highest BCUT2D eigenvalue weighted by molar-refractivity contribution is 5.59. The Balaban J connectivity index is 1.82. The van der Waals surface area contributed by atoms with Crippen LogP contribution in [0.2, 0.25) is 0 Å². The average Bonchev–Trinajstić information content (AvgIpc) is 3.19. The number of aliphatic hydroxyl groups is 4. The molecule has 0 radical (unpaired) electrons. The van der Waals surface area contributed by atoms with Crippen LogP contribution in [-0.4, -0.2) is 76.2 Å². The number of ether oxygens (including phenoxy) is 1. The van der Waals surface area contributed by atoms with Crippen molar-refractivity contribution >= 4 is 0 Å². The summed E-state index contributed by atoms with van der Waals surface area (Å²) in [7, 11) is 0. The maximum absolute atomic E-state index is 10.5. The Hall–Kier alpha value is -2.76. The van der Waals surface area contributed by atoms with Gasteiger partial charge >= 0.3 is 0 Å². The molecule has 3 aromatic rings. The highest BCUT2D eigenvalue weighted by Crippen LogP contribution is 2.32.